The van der Waals surface area contributed by atoms with Crippen molar-refractivity contribution in [2.45, 2.75) is 63.1 Å². The van der Waals surface area contributed by atoms with Gasteiger partial charge in [-0.1, -0.05) is 40.2 Å². The average molecular weight is 790 g/mol. The number of aliphatic carboxylic acids is 1. The number of guanidine groups is 1. The molecule has 284 valence electrons. The van der Waals surface area contributed by atoms with E-state index in [4.69, 9.17) is 22.0 Å². The van der Waals surface area contributed by atoms with Gasteiger partial charge in [-0.3, -0.25) is 29.4 Å². The number of hydrogen-bond acceptors (Lipinski definition) is 8. The van der Waals surface area contributed by atoms with Crippen LogP contribution in [0, 0.1) is 5.41 Å². The number of nitrogens with two attached hydrogens (primary N) is 2. The van der Waals surface area contributed by atoms with Gasteiger partial charge in [0.05, 0.1) is 33.7 Å². The number of amides is 4. The molecule has 0 aliphatic rings. The van der Waals surface area contributed by atoms with E-state index < -0.39 is 54.3 Å². The third-order valence-corrected chi connectivity index (χ3v) is 8.24. The van der Waals surface area contributed by atoms with E-state index in [-0.39, 0.29) is 56.1 Å². The van der Waals surface area contributed by atoms with E-state index >= 15 is 0 Å². The van der Waals surface area contributed by atoms with E-state index in [1.807, 2.05) is 45.4 Å². The van der Waals surface area contributed by atoms with Crippen LogP contribution < -0.4 is 32.7 Å². The Kier molecular flexibility index (Phi) is 17.9. The predicted molar refractivity (Wildman–Crippen MR) is 200 cm³/mol. The summed E-state index contributed by atoms with van der Waals surface area (Å²) in [6, 6.07) is 9.67. The van der Waals surface area contributed by atoms with Gasteiger partial charge < -0.3 is 47.4 Å². The van der Waals surface area contributed by atoms with E-state index in [1.165, 1.54) is 12.1 Å². The molecule has 0 bridgehead atoms. The molecule has 2 aromatic carbocycles. The maximum atomic E-state index is 13.8. The first-order valence-corrected chi connectivity index (χ1v) is 17.6. The molecule has 11 N–H and O–H groups in total. The molecule has 4 amide bonds. The molecule has 2 rings (SSSR count). The van der Waals surface area contributed by atoms with E-state index in [0.717, 1.165) is 23.0 Å². The number of aromatic hydroxyl groups is 1. The Morgan fingerprint density at radius 3 is 2.08 bits per heavy atom. The monoisotopic (exact) mass is 788 g/mol. The van der Waals surface area contributed by atoms with Gasteiger partial charge in [-0.25, -0.2) is 4.99 Å². The highest BCUT2D eigenvalue weighted by atomic mass is 79.9. The number of nitrogens with zero attached hydrogens (tertiary/aromatic N) is 2. The quantitative estimate of drug-likeness (QED) is 0.0367. The highest BCUT2D eigenvalue weighted by molar-refractivity contribution is 9.10. The van der Waals surface area contributed by atoms with Crippen molar-refractivity contribution in [2.24, 2.45) is 16.5 Å². The lowest BCUT2D eigenvalue weighted by Gasteiger charge is -2.24. The molecular weight excluding hydrogens is 738 g/mol. The summed E-state index contributed by atoms with van der Waals surface area (Å²) >= 11 is 3.37. The highest BCUT2D eigenvalue weighted by Crippen LogP contribution is 2.14. The zero-order chi connectivity index (χ0) is 38.8. The Bertz CT molecular complexity index is 1560. The van der Waals surface area contributed by atoms with Crippen LogP contribution in [0.3, 0.4) is 0 Å². The number of hydrogen-bond donors (Lipinski definition) is 9. The molecule has 0 fully saturated rings. The fourth-order valence-corrected chi connectivity index (χ4v) is 5.22. The van der Waals surface area contributed by atoms with E-state index in [0.29, 0.717) is 16.5 Å². The fraction of sp³-hybridized carbons (Fsp3) is 0.457. The van der Waals surface area contributed by atoms with Gasteiger partial charge in [-0.15, -0.1) is 0 Å². The molecule has 17 heteroatoms. The largest absolute Gasteiger partial charge is 0.508 e. The topological polar surface area (TPSA) is 262 Å². The Morgan fingerprint density at radius 2 is 1.48 bits per heavy atom. The van der Waals surface area contributed by atoms with Crippen LogP contribution in [0.15, 0.2) is 58.0 Å². The Hall–Kier alpha value is -4.87. The zero-order valence-corrected chi connectivity index (χ0v) is 31.4. The Balaban J connectivity index is 2.36. The number of carbonyl (C=O) groups excluding carboxylic acids is 4. The Morgan fingerprint density at radius 1 is 0.865 bits per heavy atom. The fourth-order valence-electron chi connectivity index (χ4n) is 4.95. The standard InChI is InChI=1S/C35H50BrN9O7/c1-45(2,3)18-5-4-7-27(42-31(49)26(37)19-22-9-13-24(36)14-10-22)33(51)43-28(8-6-17-40-35(38)39)34(52)44-29(32(50)41-21-30(47)48)20-23-11-15-25(46)16-12-23/h9-16,26,28-29H,4-8,17-21,37H2,1-3H3,(H8-,38,39,40,41,43,44,46,47,48,50,51,52)/p+1/b42-27+. The number of benzene rings is 2. The summed E-state index contributed by atoms with van der Waals surface area (Å²) in [6.07, 6.45) is 1.80. The van der Waals surface area contributed by atoms with Gasteiger partial charge >= 0.3 is 5.97 Å². The summed E-state index contributed by atoms with van der Waals surface area (Å²) in [4.78, 5) is 69.1. The number of unbranched alkanes of at least 4 members (excludes halogenated alkanes) is 1. The first-order valence-electron chi connectivity index (χ1n) is 16.8. The molecule has 0 aliphatic carbocycles. The lowest BCUT2D eigenvalue weighted by atomic mass is 10.0. The van der Waals surface area contributed by atoms with Crippen LogP contribution in [0.1, 0.15) is 43.2 Å². The van der Waals surface area contributed by atoms with Crippen molar-refractivity contribution in [3.63, 3.8) is 0 Å². The van der Waals surface area contributed by atoms with E-state index in [9.17, 15) is 29.1 Å². The summed E-state index contributed by atoms with van der Waals surface area (Å²) in [5, 5.41) is 36.4. The lowest BCUT2D eigenvalue weighted by molar-refractivity contribution is -0.870. The van der Waals surface area contributed by atoms with Crippen molar-refractivity contribution >= 4 is 57.2 Å². The minimum Gasteiger partial charge on any atom is -0.508 e. The third-order valence-electron chi connectivity index (χ3n) is 7.72. The first kappa shape index (κ1) is 43.3. The van der Waals surface area contributed by atoms with Crippen molar-refractivity contribution in [3.05, 3.63) is 64.1 Å². The first-order chi connectivity index (χ1) is 24.4. The number of rotatable bonds is 21. The number of quaternary nitrogens is 1. The molecule has 0 saturated heterocycles. The Labute approximate surface area is 312 Å². The molecule has 0 radical (unpaired) electrons. The molecule has 0 aliphatic heterocycles. The van der Waals surface area contributed by atoms with Crippen LogP contribution in [0.25, 0.3) is 0 Å². The van der Waals surface area contributed by atoms with Gasteiger partial charge in [0.15, 0.2) is 5.96 Å². The normalized spacial score (nSPS) is 13.3. The summed E-state index contributed by atoms with van der Waals surface area (Å²) in [5.41, 5.74) is 12.9. The van der Waals surface area contributed by atoms with Crippen molar-refractivity contribution in [1.29, 1.82) is 5.41 Å². The SMILES string of the molecule is C[N+](C)(C)CCCC/C(=N\C(=O)C(N)Cc1ccc(Br)cc1)C(=O)NC(CCCNC(=N)N)C(=O)NC(Cc1ccc(O)cc1)C(=O)NCC(=O)O. The molecule has 16 nitrogen and oxygen atoms in total. The number of carboxylic acid groups (broad SMARTS) is 1. The maximum Gasteiger partial charge on any atom is 0.322 e. The number of phenolic OH excluding ortho intramolecular Hbond substituents is 1. The lowest BCUT2D eigenvalue weighted by Crippen LogP contribution is -2.55. The number of aliphatic imine (C=N–C) groups is 1. The second-order valence-electron chi connectivity index (χ2n) is 13.4. The van der Waals surface area contributed by atoms with Crippen LogP contribution >= 0.6 is 15.9 Å². The third kappa shape index (κ3) is 17.4. The average Bonchev–Trinajstić information content (AvgIpc) is 3.07. The minimum atomic E-state index is -1.29. The molecule has 52 heavy (non-hydrogen) atoms. The molecule has 0 heterocycles. The van der Waals surface area contributed by atoms with Crippen molar-refractivity contribution in [2.75, 3.05) is 40.8 Å². The molecule has 0 aromatic heterocycles. The summed E-state index contributed by atoms with van der Waals surface area (Å²) < 4.78 is 1.56. The van der Waals surface area contributed by atoms with Crippen LogP contribution in [0.5, 0.6) is 5.75 Å². The number of nitrogens with one attached hydrogen (secondary N) is 5. The van der Waals surface area contributed by atoms with Crippen molar-refractivity contribution < 1.29 is 38.7 Å². The summed E-state index contributed by atoms with van der Waals surface area (Å²) in [6.45, 7) is 0.302. The summed E-state index contributed by atoms with van der Waals surface area (Å²) in [5.74, 6) is -4.58. The van der Waals surface area contributed by atoms with Crippen molar-refractivity contribution in [1.82, 2.24) is 21.3 Å². The molecule has 3 unspecified atom stereocenters. The van der Waals surface area contributed by atoms with Crippen molar-refractivity contribution in [3.8, 4) is 5.75 Å². The second kappa shape index (κ2) is 21.5. The predicted octanol–water partition coefficient (Wildman–Crippen LogP) is 0.545. The van der Waals surface area contributed by atoms with E-state index in [1.54, 1.807) is 12.1 Å². The zero-order valence-electron chi connectivity index (χ0n) is 29.8. The van der Waals surface area contributed by atoms with Crippen LogP contribution in [0.4, 0.5) is 0 Å². The smallest absolute Gasteiger partial charge is 0.322 e. The van der Waals surface area contributed by atoms with Gasteiger partial charge in [0, 0.05) is 17.4 Å². The number of halogens is 1. The van der Waals surface area contributed by atoms with Gasteiger partial charge in [0.1, 0.15) is 30.1 Å². The molecule has 2 aromatic rings. The molecule has 0 saturated carbocycles. The second-order valence-corrected chi connectivity index (χ2v) is 14.3. The van der Waals surface area contributed by atoms with Crippen LogP contribution in [-0.4, -0.2) is 115 Å². The summed E-state index contributed by atoms with van der Waals surface area (Å²) in [7, 11) is 6.11. The van der Waals surface area contributed by atoms with Crippen LogP contribution in [-0.2, 0) is 36.8 Å². The highest BCUT2D eigenvalue weighted by Gasteiger charge is 2.29. The molecule has 0 spiro atoms. The van der Waals surface area contributed by atoms with Gasteiger partial charge in [0.2, 0.25) is 11.8 Å². The number of carbonyl (C=O) groups is 5. The van der Waals surface area contributed by atoms with Gasteiger partial charge in [-0.05, 0) is 73.9 Å². The number of carboxylic acids is 1. The number of phenols is 1. The van der Waals surface area contributed by atoms with Gasteiger partial charge in [0.25, 0.3) is 11.8 Å². The van der Waals surface area contributed by atoms with Gasteiger partial charge in [-0.2, -0.15) is 0 Å². The maximum absolute atomic E-state index is 13.8. The van der Waals surface area contributed by atoms with Crippen LogP contribution in [0.2, 0.25) is 0 Å². The molecular formula is C35H51BrN9O7+. The minimum absolute atomic E-state index is 0.00991. The molecule has 3 atom stereocenters. The van der Waals surface area contributed by atoms with E-state index in [2.05, 4.69) is 42.2 Å².